The van der Waals surface area contributed by atoms with Crippen LogP contribution >= 0.6 is 0 Å². The van der Waals surface area contributed by atoms with Gasteiger partial charge in [0.15, 0.2) is 5.82 Å². The van der Waals surface area contributed by atoms with Crippen molar-refractivity contribution in [3.05, 3.63) is 83.4 Å². The summed E-state index contributed by atoms with van der Waals surface area (Å²) in [7, 11) is 0. The van der Waals surface area contributed by atoms with Crippen LogP contribution in [0.4, 0.5) is 0 Å². The van der Waals surface area contributed by atoms with Gasteiger partial charge in [0.25, 0.3) is 0 Å². The van der Waals surface area contributed by atoms with Crippen LogP contribution in [0, 0.1) is 13.8 Å². The fourth-order valence-electron chi connectivity index (χ4n) is 4.73. The van der Waals surface area contributed by atoms with Gasteiger partial charge in [-0.25, -0.2) is 14.6 Å². The van der Waals surface area contributed by atoms with Crippen molar-refractivity contribution in [2.24, 2.45) is 0 Å². The van der Waals surface area contributed by atoms with Crippen LogP contribution < -0.4 is 0 Å². The highest BCUT2D eigenvalue weighted by molar-refractivity contribution is 5.83. The number of benzene rings is 1. The van der Waals surface area contributed by atoms with Crippen molar-refractivity contribution >= 4 is 11.0 Å². The van der Waals surface area contributed by atoms with E-state index >= 15 is 0 Å². The highest BCUT2D eigenvalue weighted by Crippen LogP contribution is 2.35. The second-order valence-electron chi connectivity index (χ2n) is 8.57. The van der Waals surface area contributed by atoms with E-state index in [1.807, 2.05) is 25.3 Å². The molecule has 6 nitrogen and oxygen atoms in total. The Morgan fingerprint density at radius 3 is 2.78 bits per heavy atom. The van der Waals surface area contributed by atoms with Gasteiger partial charge in [-0.3, -0.25) is 4.98 Å². The molecule has 1 aromatic carbocycles. The van der Waals surface area contributed by atoms with Gasteiger partial charge in [-0.15, -0.1) is 5.10 Å². The zero-order valence-corrected chi connectivity index (χ0v) is 18.2. The van der Waals surface area contributed by atoms with Crippen molar-refractivity contribution in [3.8, 4) is 22.8 Å². The molecule has 0 aliphatic carbocycles. The van der Waals surface area contributed by atoms with Gasteiger partial charge in [-0.05, 0) is 68.1 Å². The summed E-state index contributed by atoms with van der Waals surface area (Å²) < 4.78 is 2.08. The summed E-state index contributed by atoms with van der Waals surface area (Å²) in [6.45, 7) is 5.08. The maximum atomic E-state index is 4.99. The van der Waals surface area contributed by atoms with Crippen molar-refractivity contribution < 1.29 is 0 Å². The largest absolute Gasteiger partial charge is 0.351 e. The van der Waals surface area contributed by atoms with Gasteiger partial charge < -0.3 is 4.98 Å². The minimum absolute atomic E-state index is 0.287. The van der Waals surface area contributed by atoms with Crippen molar-refractivity contribution in [1.29, 1.82) is 0 Å². The van der Waals surface area contributed by atoms with Crippen LogP contribution in [-0.4, -0.2) is 29.7 Å². The molecule has 4 aromatic heterocycles. The van der Waals surface area contributed by atoms with Gasteiger partial charge in [-0.2, -0.15) is 0 Å². The topological polar surface area (TPSA) is 72.3 Å². The van der Waals surface area contributed by atoms with Crippen molar-refractivity contribution in [3.63, 3.8) is 0 Å². The molecule has 0 radical (unpaired) electrons. The van der Waals surface area contributed by atoms with E-state index in [2.05, 4.69) is 64.0 Å². The molecular formula is C26H24N6. The van der Waals surface area contributed by atoms with Crippen LogP contribution in [0.15, 0.2) is 60.8 Å². The molecule has 5 aromatic rings. The van der Waals surface area contributed by atoms with Gasteiger partial charge in [0.2, 0.25) is 0 Å². The fraction of sp³-hybridized carbons (Fsp3) is 0.231. The molecule has 1 unspecified atom stereocenters. The summed E-state index contributed by atoms with van der Waals surface area (Å²) in [6, 6.07) is 18.8. The molecule has 0 saturated carbocycles. The lowest BCUT2D eigenvalue weighted by atomic mass is 9.88. The highest BCUT2D eigenvalue weighted by Gasteiger charge is 2.27. The average Bonchev–Trinajstić information content (AvgIpc) is 3.43. The second-order valence-corrected chi connectivity index (χ2v) is 8.57. The van der Waals surface area contributed by atoms with Crippen molar-refractivity contribution in [2.45, 2.75) is 39.2 Å². The van der Waals surface area contributed by atoms with Gasteiger partial charge >= 0.3 is 0 Å². The van der Waals surface area contributed by atoms with Crippen LogP contribution in [0.3, 0.4) is 0 Å². The fourth-order valence-corrected chi connectivity index (χ4v) is 4.73. The lowest BCUT2D eigenvalue weighted by Crippen LogP contribution is -2.18. The Morgan fingerprint density at radius 1 is 1.00 bits per heavy atom. The van der Waals surface area contributed by atoms with Gasteiger partial charge in [-0.1, -0.05) is 24.3 Å². The van der Waals surface area contributed by atoms with Crippen LogP contribution in [0.25, 0.3) is 33.8 Å². The number of nitrogens with one attached hydrogen (secondary N) is 1. The number of hydrogen-bond donors (Lipinski definition) is 1. The van der Waals surface area contributed by atoms with E-state index in [9.17, 15) is 0 Å². The Morgan fingerprint density at radius 2 is 1.91 bits per heavy atom. The molecule has 0 saturated heterocycles. The van der Waals surface area contributed by atoms with Gasteiger partial charge in [0.05, 0.1) is 22.4 Å². The van der Waals surface area contributed by atoms with Crippen LogP contribution in [-0.2, 0) is 6.54 Å². The molecule has 32 heavy (non-hydrogen) atoms. The first-order valence-electron chi connectivity index (χ1n) is 11.1. The molecule has 6 rings (SSSR count). The number of fused-ring (bicyclic) bond motifs is 2. The molecule has 1 aliphatic rings. The second kappa shape index (κ2) is 7.41. The maximum Gasteiger partial charge on any atom is 0.197 e. The normalized spacial score (nSPS) is 15.8. The van der Waals surface area contributed by atoms with Gasteiger partial charge in [0, 0.05) is 29.9 Å². The number of pyridine rings is 2. The van der Waals surface area contributed by atoms with E-state index in [0.717, 1.165) is 64.7 Å². The zero-order chi connectivity index (χ0) is 21.7. The Bertz CT molecular complexity index is 1440. The standard InChI is InChI=1S/C26H24N6/c1-16-6-3-4-7-19(16)20-8-5-13-32-26(20)30-25(31-32)24-15-23-22(29-24)10-9-21(28-23)18-11-12-27-17(2)14-18/h3-4,6-7,9-12,14-15,20,29H,5,8,13H2,1-2H3. The number of nitrogens with zero attached hydrogens (tertiary/aromatic N) is 5. The van der Waals surface area contributed by atoms with Crippen LogP contribution in [0.2, 0.25) is 0 Å². The third-order valence-electron chi connectivity index (χ3n) is 6.35. The smallest absolute Gasteiger partial charge is 0.197 e. The monoisotopic (exact) mass is 420 g/mol. The van der Waals surface area contributed by atoms with Crippen LogP contribution in [0.5, 0.6) is 0 Å². The Labute approximate surface area is 186 Å². The number of aryl methyl sites for hydroxylation is 3. The first-order valence-corrected chi connectivity index (χ1v) is 11.1. The Hall–Kier alpha value is -3.80. The maximum absolute atomic E-state index is 4.99. The van der Waals surface area contributed by atoms with E-state index < -0.39 is 0 Å². The third kappa shape index (κ3) is 3.19. The summed E-state index contributed by atoms with van der Waals surface area (Å²) in [4.78, 5) is 17.6. The Kier molecular flexibility index (Phi) is 4.38. The van der Waals surface area contributed by atoms with E-state index in [-0.39, 0.29) is 5.92 Å². The number of rotatable bonds is 3. The first kappa shape index (κ1) is 18.9. The molecule has 0 spiro atoms. The zero-order valence-electron chi connectivity index (χ0n) is 18.2. The van der Waals surface area contributed by atoms with Crippen LogP contribution in [0.1, 0.15) is 41.4 Å². The summed E-state index contributed by atoms with van der Waals surface area (Å²) in [5.74, 6) is 2.08. The van der Waals surface area contributed by atoms with E-state index in [4.69, 9.17) is 15.1 Å². The summed E-state index contributed by atoms with van der Waals surface area (Å²) in [5, 5.41) is 4.85. The van der Waals surface area contributed by atoms with E-state index in [0.29, 0.717) is 0 Å². The molecule has 0 bridgehead atoms. The van der Waals surface area contributed by atoms with Gasteiger partial charge in [0.1, 0.15) is 5.82 Å². The van der Waals surface area contributed by atoms with Crippen molar-refractivity contribution in [1.82, 2.24) is 29.7 Å². The predicted octanol–water partition coefficient (Wildman–Crippen LogP) is 5.43. The van der Waals surface area contributed by atoms with E-state index in [1.165, 1.54) is 11.1 Å². The molecule has 5 heterocycles. The molecule has 158 valence electrons. The molecule has 6 heteroatoms. The molecule has 1 aliphatic heterocycles. The number of hydrogen-bond acceptors (Lipinski definition) is 4. The quantitative estimate of drug-likeness (QED) is 0.423. The minimum Gasteiger partial charge on any atom is -0.351 e. The molecular weight excluding hydrogens is 396 g/mol. The molecule has 0 fully saturated rings. The molecule has 1 atom stereocenters. The molecule has 0 amide bonds. The Balaban J connectivity index is 1.39. The van der Waals surface area contributed by atoms with Crippen molar-refractivity contribution in [2.75, 3.05) is 0 Å². The first-order chi connectivity index (χ1) is 15.7. The number of H-pyrrole nitrogens is 1. The minimum atomic E-state index is 0.287. The summed E-state index contributed by atoms with van der Waals surface area (Å²) in [6.07, 6.45) is 4.03. The van der Waals surface area contributed by atoms with E-state index in [1.54, 1.807) is 0 Å². The average molecular weight is 421 g/mol. The highest BCUT2D eigenvalue weighted by atomic mass is 15.4. The predicted molar refractivity (Wildman–Crippen MR) is 125 cm³/mol. The SMILES string of the molecule is Cc1cc(-c2ccc3[nH]c(-c4nc5n(n4)CCCC5c4ccccc4C)cc3n2)ccn1. The lowest BCUT2D eigenvalue weighted by Gasteiger charge is -2.23. The number of aromatic amines is 1. The lowest BCUT2D eigenvalue weighted by molar-refractivity contribution is 0.445. The summed E-state index contributed by atoms with van der Waals surface area (Å²) >= 11 is 0. The summed E-state index contributed by atoms with van der Waals surface area (Å²) in [5.41, 5.74) is 8.44. The third-order valence-corrected chi connectivity index (χ3v) is 6.35. The molecule has 1 N–H and O–H groups in total. The number of aromatic nitrogens is 6.